The Labute approximate surface area is 179 Å². The predicted molar refractivity (Wildman–Crippen MR) is 120 cm³/mol. The Kier molecular flexibility index (Phi) is 6.87. The Bertz CT molecular complexity index is 912. The molecule has 6 nitrogen and oxygen atoms in total. The number of hydrogen-bond acceptors (Lipinski definition) is 4. The van der Waals surface area contributed by atoms with E-state index >= 15 is 0 Å². The standard InChI is InChI=1S/C24H34N4O2/c1-2-11-27-14-10-23-21(18-27)20-17-19(7-9-24(29)25-30)6-8-22(20)28(23)16-15-26-12-4-3-5-13-26/h6-9,17,30H,2-5,10-16,18H2,1H3,(H,25,29)/b9-7+. The van der Waals surface area contributed by atoms with Gasteiger partial charge in [0.1, 0.15) is 0 Å². The van der Waals surface area contributed by atoms with E-state index in [1.807, 2.05) is 0 Å². The maximum absolute atomic E-state index is 11.4. The van der Waals surface area contributed by atoms with Crippen molar-refractivity contribution in [1.29, 1.82) is 0 Å². The van der Waals surface area contributed by atoms with Gasteiger partial charge in [0.2, 0.25) is 0 Å². The molecule has 1 aromatic carbocycles. The molecule has 2 aromatic rings. The first kappa shape index (κ1) is 21.1. The zero-order chi connectivity index (χ0) is 20.9. The van der Waals surface area contributed by atoms with Crippen LogP contribution >= 0.6 is 0 Å². The van der Waals surface area contributed by atoms with E-state index in [-0.39, 0.29) is 0 Å². The van der Waals surface area contributed by atoms with Gasteiger partial charge in [-0.25, -0.2) is 5.48 Å². The number of benzene rings is 1. The number of rotatable bonds is 7. The normalized spacial score (nSPS) is 18.2. The summed E-state index contributed by atoms with van der Waals surface area (Å²) in [5.74, 6) is -0.509. The van der Waals surface area contributed by atoms with Crippen LogP contribution in [0.3, 0.4) is 0 Å². The molecule has 1 fully saturated rings. The fourth-order valence-electron chi connectivity index (χ4n) is 5.02. The lowest BCUT2D eigenvalue weighted by molar-refractivity contribution is -0.124. The SMILES string of the molecule is CCCN1CCc2c(c3cc(/C=C/C(=O)NO)ccc3n2CCN2CCCCC2)C1. The summed E-state index contributed by atoms with van der Waals surface area (Å²) in [6, 6.07) is 6.46. The smallest absolute Gasteiger partial charge is 0.267 e. The first-order valence-corrected chi connectivity index (χ1v) is 11.4. The lowest BCUT2D eigenvalue weighted by Gasteiger charge is -2.29. The largest absolute Gasteiger partial charge is 0.343 e. The second-order valence-corrected chi connectivity index (χ2v) is 8.59. The monoisotopic (exact) mass is 410 g/mol. The van der Waals surface area contributed by atoms with Gasteiger partial charge in [0, 0.05) is 55.3 Å². The van der Waals surface area contributed by atoms with Gasteiger partial charge in [-0.2, -0.15) is 0 Å². The molecule has 2 aliphatic heterocycles. The number of carbonyl (C=O) groups is 1. The van der Waals surface area contributed by atoms with Crippen LogP contribution in [0.2, 0.25) is 0 Å². The van der Waals surface area contributed by atoms with E-state index in [4.69, 9.17) is 5.21 Å². The Morgan fingerprint density at radius 3 is 2.70 bits per heavy atom. The van der Waals surface area contributed by atoms with Gasteiger partial charge in [-0.05, 0) is 68.2 Å². The average molecular weight is 411 g/mol. The molecule has 162 valence electrons. The van der Waals surface area contributed by atoms with Gasteiger partial charge in [-0.1, -0.05) is 19.4 Å². The van der Waals surface area contributed by atoms with Gasteiger partial charge in [0.05, 0.1) is 0 Å². The third kappa shape index (κ3) is 4.61. The number of hydrogen-bond donors (Lipinski definition) is 2. The van der Waals surface area contributed by atoms with Gasteiger partial charge in [-0.15, -0.1) is 0 Å². The van der Waals surface area contributed by atoms with Crippen molar-refractivity contribution < 1.29 is 10.0 Å². The van der Waals surface area contributed by atoms with Crippen LogP contribution in [0, 0.1) is 0 Å². The number of nitrogens with zero attached hydrogens (tertiary/aromatic N) is 3. The van der Waals surface area contributed by atoms with Crippen LogP contribution in [-0.2, 0) is 24.3 Å². The van der Waals surface area contributed by atoms with Gasteiger partial charge in [0.25, 0.3) is 5.91 Å². The van der Waals surface area contributed by atoms with Gasteiger partial charge >= 0.3 is 0 Å². The van der Waals surface area contributed by atoms with E-state index < -0.39 is 5.91 Å². The number of nitrogens with one attached hydrogen (secondary N) is 1. The molecule has 0 unspecified atom stereocenters. The quantitative estimate of drug-likeness (QED) is 0.417. The van der Waals surface area contributed by atoms with Crippen LogP contribution in [0.4, 0.5) is 0 Å². The van der Waals surface area contributed by atoms with Crippen molar-refractivity contribution >= 4 is 22.9 Å². The van der Waals surface area contributed by atoms with Crippen molar-refractivity contribution in [2.75, 3.05) is 32.7 Å². The fraction of sp³-hybridized carbons (Fsp3) is 0.542. The molecule has 2 N–H and O–H groups in total. The fourth-order valence-corrected chi connectivity index (χ4v) is 5.02. The number of hydroxylamine groups is 1. The minimum atomic E-state index is -0.509. The zero-order valence-corrected chi connectivity index (χ0v) is 18.1. The molecule has 30 heavy (non-hydrogen) atoms. The summed E-state index contributed by atoms with van der Waals surface area (Å²) in [7, 11) is 0. The van der Waals surface area contributed by atoms with Crippen LogP contribution in [0.15, 0.2) is 24.3 Å². The number of amides is 1. The molecule has 0 spiro atoms. The van der Waals surface area contributed by atoms with Crippen molar-refractivity contribution in [3.63, 3.8) is 0 Å². The van der Waals surface area contributed by atoms with E-state index in [0.717, 1.165) is 44.7 Å². The summed E-state index contributed by atoms with van der Waals surface area (Å²) in [5.41, 5.74) is 6.88. The highest BCUT2D eigenvalue weighted by Crippen LogP contribution is 2.32. The number of carbonyl (C=O) groups excluding carboxylic acids is 1. The second kappa shape index (κ2) is 9.77. The highest BCUT2D eigenvalue weighted by Gasteiger charge is 2.24. The molecule has 1 saturated heterocycles. The number of fused-ring (bicyclic) bond motifs is 3. The van der Waals surface area contributed by atoms with E-state index in [2.05, 4.69) is 39.5 Å². The maximum Gasteiger partial charge on any atom is 0.267 e. The Morgan fingerprint density at radius 1 is 1.10 bits per heavy atom. The summed E-state index contributed by atoms with van der Waals surface area (Å²) in [5, 5.41) is 10.0. The predicted octanol–water partition coefficient (Wildman–Crippen LogP) is 3.41. The molecular weight excluding hydrogens is 376 g/mol. The minimum Gasteiger partial charge on any atom is -0.343 e. The average Bonchev–Trinajstić information content (AvgIpc) is 3.09. The third-order valence-corrected chi connectivity index (χ3v) is 6.52. The molecule has 0 saturated carbocycles. The van der Waals surface area contributed by atoms with Crippen LogP contribution in [0.5, 0.6) is 0 Å². The van der Waals surface area contributed by atoms with Crippen molar-refractivity contribution in [3.8, 4) is 0 Å². The lowest BCUT2D eigenvalue weighted by Crippen LogP contribution is -2.34. The summed E-state index contributed by atoms with van der Waals surface area (Å²) in [4.78, 5) is 16.5. The third-order valence-electron chi connectivity index (χ3n) is 6.52. The Balaban J connectivity index is 1.66. The van der Waals surface area contributed by atoms with Crippen molar-refractivity contribution in [2.45, 2.75) is 52.1 Å². The molecule has 0 radical (unpaired) electrons. The van der Waals surface area contributed by atoms with Crippen LogP contribution < -0.4 is 5.48 Å². The molecule has 0 bridgehead atoms. The van der Waals surface area contributed by atoms with Crippen LogP contribution in [0.25, 0.3) is 17.0 Å². The molecule has 0 atom stereocenters. The van der Waals surface area contributed by atoms with Crippen LogP contribution in [0.1, 0.15) is 49.4 Å². The summed E-state index contributed by atoms with van der Waals surface area (Å²) >= 11 is 0. The Hall–Kier alpha value is -2.15. The minimum absolute atomic E-state index is 0.509. The molecule has 1 aromatic heterocycles. The first-order valence-electron chi connectivity index (χ1n) is 11.4. The number of piperidine rings is 1. The number of likely N-dealkylation sites (tertiary alicyclic amines) is 1. The van der Waals surface area contributed by atoms with Crippen LogP contribution in [-0.4, -0.2) is 58.2 Å². The van der Waals surface area contributed by atoms with E-state index in [1.165, 1.54) is 67.0 Å². The molecular formula is C24H34N4O2. The molecule has 3 heterocycles. The molecule has 0 aliphatic carbocycles. The highest BCUT2D eigenvalue weighted by molar-refractivity contribution is 5.93. The summed E-state index contributed by atoms with van der Waals surface area (Å²) in [6.07, 6.45) is 9.42. The number of aromatic nitrogens is 1. The van der Waals surface area contributed by atoms with Gasteiger partial charge in [0.15, 0.2) is 0 Å². The Morgan fingerprint density at radius 2 is 1.93 bits per heavy atom. The van der Waals surface area contributed by atoms with Crippen molar-refractivity contribution in [2.24, 2.45) is 0 Å². The van der Waals surface area contributed by atoms with Gasteiger partial charge < -0.3 is 9.47 Å². The topological polar surface area (TPSA) is 60.7 Å². The maximum atomic E-state index is 11.4. The lowest BCUT2D eigenvalue weighted by atomic mass is 10.0. The zero-order valence-electron chi connectivity index (χ0n) is 18.1. The molecule has 2 aliphatic rings. The second-order valence-electron chi connectivity index (χ2n) is 8.59. The van der Waals surface area contributed by atoms with E-state index in [0.29, 0.717) is 0 Å². The molecule has 6 heteroatoms. The summed E-state index contributed by atoms with van der Waals surface area (Å²) < 4.78 is 2.55. The molecule has 1 amide bonds. The van der Waals surface area contributed by atoms with E-state index in [9.17, 15) is 4.79 Å². The van der Waals surface area contributed by atoms with E-state index in [1.54, 1.807) is 11.6 Å². The molecule has 4 rings (SSSR count). The highest BCUT2D eigenvalue weighted by atomic mass is 16.5. The van der Waals surface area contributed by atoms with Gasteiger partial charge in [-0.3, -0.25) is 14.9 Å². The van der Waals surface area contributed by atoms with Crippen molar-refractivity contribution in [1.82, 2.24) is 19.8 Å². The summed E-state index contributed by atoms with van der Waals surface area (Å²) in [6.45, 7) is 10.1. The first-order chi connectivity index (χ1) is 14.7. The van der Waals surface area contributed by atoms with Crippen molar-refractivity contribution in [3.05, 3.63) is 41.1 Å².